The van der Waals surface area contributed by atoms with E-state index in [-0.39, 0.29) is 5.91 Å². The first kappa shape index (κ1) is 20.8. The van der Waals surface area contributed by atoms with Gasteiger partial charge in [-0.25, -0.2) is 5.43 Å². The van der Waals surface area contributed by atoms with Crippen LogP contribution in [-0.4, -0.2) is 44.3 Å². The van der Waals surface area contributed by atoms with Crippen LogP contribution in [0, 0.1) is 0 Å². The number of rotatable bonds is 6. The standard InChI is InChI=1S/C21H24Cl2N4O/c1-16(17-6-8-19(22)9-7-17)24-25-21(28)15-27-12-10-26(11-13-27)14-18-4-2-3-5-20(18)23/h2-9H,10-15H2,1H3,(H,25,28)/p+2/b24-16-. The monoisotopic (exact) mass is 420 g/mol. The Morgan fingerprint density at radius 1 is 1.00 bits per heavy atom. The molecule has 2 aromatic carbocycles. The van der Waals surface area contributed by atoms with Crippen LogP contribution >= 0.6 is 23.2 Å². The molecule has 0 bridgehead atoms. The van der Waals surface area contributed by atoms with Crippen molar-refractivity contribution < 1.29 is 14.6 Å². The van der Waals surface area contributed by atoms with E-state index in [1.165, 1.54) is 15.4 Å². The Morgan fingerprint density at radius 3 is 2.32 bits per heavy atom. The normalized spacial score (nSPS) is 20.0. The number of piperazine rings is 1. The van der Waals surface area contributed by atoms with Crippen molar-refractivity contribution >= 4 is 34.8 Å². The number of hydrazone groups is 1. The predicted octanol–water partition coefficient (Wildman–Crippen LogP) is 0.817. The lowest BCUT2D eigenvalue weighted by Crippen LogP contribution is -3.28. The SMILES string of the molecule is C/C(=N/NC(=O)C[NH+]1CC[NH+](Cc2ccccc2Cl)CC1)c1ccc(Cl)cc1. The molecule has 5 nitrogen and oxygen atoms in total. The van der Waals surface area contributed by atoms with Gasteiger partial charge in [-0.2, -0.15) is 5.10 Å². The fraction of sp³-hybridized carbons (Fsp3) is 0.333. The molecule has 0 aliphatic carbocycles. The average molecular weight is 421 g/mol. The summed E-state index contributed by atoms with van der Waals surface area (Å²) in [6, 6.07) is 15.4. The number of carbonyl (C=O) groups excluding carboxylic acids is 1. The number of amides is 1. The first-order valence-corrected chi connectivity index (χ1v) is 10.3. The summed E-state index contributed by atoms with van der Waals surface area (Å²) in [5, 5.41) is 5.72. The number of nitrogens with one attached hydrogen (secondary N) is 3. The van der Waals surface area contributed by atoms with Crippen molar-refractivity contribution in [1.29, 1.82) is 0 Å². The number of halogens is 2. The second-order valence-corrected chi connectivity index (χ2v) is 8.03. The highest BCUT2D eigenvalue weighted by atomic mass is 35.5. The smallest absolute Gasteiger partial charge is 0.295 e. The summed E-state index contributed by atoms with van der Waals surface area (Å²) in [5.41, 5.74) is 5.56. The van der Waals surface area contributed by atoms with Crippen molar-refractivity contribution in [3.8, 4) is 0 Å². The minimum absolute atomic E-state index is 0.0575. The van der Waals surface area contributed by atoms with Gasteiger partial charge in [-0.15, -0.1) is 0 Å². The van der Waals surface area contributed by atoms with E-state index in [1.807, 2.05) is 49.4 Å². The lowest BCUT2D eigenvalue weighted by Gasteiger charge is -2.29. The van der Waals surface area contributed by atoms with E-state index >= 15 is 0 Å². The van der Waals surface area contributed by atoms with Crippen LogP contribution < -0.4 is 15.2 Å². The molecule has 28 heavy (non-hydrogen) atoms. The molecule has 7 heteroatoms. The summed E-state index contributed by atoms with van der Waals surface area (Å²) in [6.45, 7) is 7.23. The van der Waals surface area contributed by atoms with Crippen LogP contribution in [0.1, 0.15) is 18.1 Å². The fourth-order valence-corrected chi connectivity index (χ4v) is 3.72. The molecule has 2 aromatic rings. The number of quaternary nitrogens is 2. The summed E-state index contributed by atoms with van der Waals surface area (Å²) < 4.78 is 0. The van der Waals surface area contributed by atoms with Gasteiger partial charge in [-0.1, -0.05) is 53.5 Å². The third kappa shape index (κ3) is 6.04. The maximum Gasteiger partial charge on any atom is 0.295 e. The topological polar surface area (TPSA) is 50.3 Å². The first-order chi connectivity index (χ1) is 13.5. The second kappa shape index (κ2) is 10.0. The van der Waals surface area contributed by atoms with Gasteiger partial charge < -0.3 is 9.80 Å². The third-order valence-electron chi connectivity index (χ3n) is 5.08. The van der Waals surface area contributed by atoms with Crippen LogP contribution in [0.5, 0.6) is 0 Å². The largest absolute Gasteiger partial charge is 0.322 e. The van der Waals surface area contributed by atoms with Crippen LogP contribution in [0.25, 0.3) is 0 Å². The first-order valence-electron chi connectivity index (χ1n) is 9.51. The van der Waals surface area contributed by atoms with Crippen molar-refractivity contribution in [3.05, 3.63) is 69.7 Å². The molecule has 3 rings (SSSR count). The van der Waals surface area contributed by atoms with Gasteiger partial charge in [-0.3, -0.25) is 4.79 Å². The van der Waals surface area contributed by atoms with Crippen molar-refractivity contribution in [2.24, 2.45) is 5.10 Å². The summed E-state index contributed by atoms with van der Waals surface area (Å²) in [6.07, 6.45) is 0. The maximum absolute atomic E-state index is 12.2. The Balaban J connectivity index is 1.43. The Morgan fingerprint density at radius 2 is 1.64 bits per heavy atom. The van der Waals surface area contributed by atoms with E-state index in [1.54, 1.807) is 0 Å². The Kier molecular flexibility index (Phi) is 7.45. The van der Waals surface area contributed by atoms with Crippen molar-refractivity contribution in [3.63, 3.8) is 0 Å². The Bertz CT molecular complexity index is 831. The van der Waals surface area contributed by atoms with Gasteiger partial charge in [0.25, 0.3) is 5.91 Å². The van der Waals surface area contributed by atoms with Crippen LogP contribution in [-0.2, 0) is 11.3 Å². The van der Waals surface area contributed by atoms with E-state index in [0.29, 0.717) is 11.6 Å². The summed E-state index contributed by atoms with van der Waals surface area (Å²) >= 11 is 12.2. The van der Waals surface area contributed by atoms with E-state index in [9.17, 15) is 4.79 Å². The van der Waals surface area contributed by atoms with E-state index in [2.05, 4.69) is 16.6 Å². The van der Waals surface area contributed by atoms with E-state index < -0.39 is 0 Å². The van der Waals surface area contributed by atoms with Gasteiger partial charge in [0.1, 0.15) is 32.7 Å². The molecular weight excluding hydrogens is 395 g/mol. The number of hydrogen-bond donors (Lipinski definition) is 3. The van der Waals surface area contributed by atoms with E-state index in [0.717, 1.165) is 49.0 Å². The second-order valence-electron chi connectivity index (χ2n) is 7.18. The molecule has 0 unspecified atom stereocenters. The third-order valence-corrected chi connectivity index (χ3v) is 5.70. The summed E-state index contributed by atoms with van der Waals surface area (Å²) in [5.74, 6) is -0.0575. The van der Waals surface area contributed by atoms with Crippen molar-refractivity contribution in [1.82, 2.24) is 5.43 Å². The molecule has 1 aliphatic rings. The summed E-state index contributed by atoms with van der Waals surface area (Å²) in [4.78, 5) is 15.0. The lowest BCUT2D eigenvalue weighted by molar-refractivity contribution is -1.02. The van der Waals surface area contributed by atoms with Crippen LogP contribution in [0.3, 0.4) is 0 Å². The molecule has 0 saturated carbocycles. The Labute approximate surface area is 175 Å². The predicted molar refractivity (Wildman–Crippen MR) is 113 cm³/mol. The molecule has 1 amide bonds. The van der Waals surface area contributed by atoms with Gasteiger partial charge >= 0.3 is 0 Å². The van der Waals surface area contributed by atoms with Crippen molar-refractivity contribution in [2.45, 2.75) is 13.5 Å². The zero-order valence-electron chi connectivity index (χ0n) is 16.0. The van der Waals surface area contributed by atoms with Crippen molar-refractivity contribution in [2.75, 3.05) is 32.7 Å². The molecule has 0 aromatic heterocycles. The molecule has 148 valence electrons. The highest BCUT2D eigenvalue weighted by Crippen LogP contribution is 2.13. The fourth-order valence-electron chi connectivity index (χ4n) is 3.39. The number of hydrogen-bond acceptors (Lipinski definition) is 2. The highest BCUT2D eigenvalue weighted by molar-refractivity contribution is 6.31. The quantitative estimate of drug-likeness (QED) is 0.470. The van der Waals surface area contributed by atoms with Crippen LogP contribution in [0.2, 0.25) is 10.0 Å². The molecule has 0 radical (unpaired) electrons. The number of benzene rings is 2. The van der Waals surface area contributed by atoms with Gasteiger partial charge in [0.15, 0.2) is 6.54 Å². The lowest BCUT2D eigenvalue weighted by atomic mass is 10.1. The molecule has 1 aliphatic heterocycles. The van der Waals surface area contributed by atoms with Gasteiger partial charge in [0.2, 0.25) is 0 Å². The molecular formula is C21H26Cl2N4O+2. The minimum Gasteiger partial charge on any atom is -0.322 e. The van der Waals surface area contributed by atoms with Crippen LogP contribution in [0.15, 0.2) is 53.6 Å². The number of carbonyl (C=O) groups is 1. The summed E-state index contributed by atoms with van der Waals surface area (Å²) in [7, 11) is 0. The van der Waals surface area contributed by atoms with Gasteiger partial charge in [-0.05, 0) is 30.7 Å². The zero-order chi connectivity index (χ0) is 19.9. The van der Waals surface area contributed by atoms with Gasteiger partial charge in [0.05, 0.1) is 5.71 Å². The molecule has 1 fully saturated rings. The van der Waals surface area contributed by atoms with E-state index in [4.69, 9.17) is 23.2 Å². The highest BCUT2D eigenvalue weighted by Gasteiger charge is 2.25. The molecule has 0 atom stereocenters. The molecule has 0 spiro atoms. The molecule has 1 heterocycles. The van der Waals surface area contributed by atoms with Crippen LogP contribution in [0.4, 0.5) is 0 Å². The minimum atomic E-state index is -0.0575. The zero-order valence-corrected chi connectivity index (χ0v) is 17.5. The molecule has 3 N–H and O–H groups in total. The average Bonchev–Trinajstić information content (AvgIpc) is 2.70. The maximum atomic E-state index is 12.2. The Hall–Kier alpha value is -1.92. The molecule has 1 saturated heterocycles. The number of nitrogens with zero attached hydrogens (tertiary/aromatic N) is 1. The van der Waals surface area contributed by atoms with Gasteiger partial charge in [0, 0.05) is 15.6 Å².